The minimum absolute atomic E-state index is 0.324. The fraction of sp³-hybridized carbons (Fsp3) is 0.800. The molecule has 0 saturated carbocycles. The van der Waals surface area contributed by atoms with E-state index >= 15 is 0 Å². The van der Waals surface area contributed by atoms with Crippen molar-refractivity contribution < 1.29 is 5.11 Å². The quantitative estimate of drug-likeness (QED) is 0.587. The molecule has 0 heterocycles. The number of aliphatic hydroxyl groups is 1. The third kappa shape index (κ3) is 6.08. The first-order valence-electron chi connectivity index (χ1n) is 2.66. The highest BCUT2D eigenvalue weighted by Crippen LogP contribution is 1.92. The summed E-state index contributed by atoms with van der Waals surface area (Å²) in [7, 11) is 0. The van der Waals surface area contributed by atoms with Gasteiger partial charge in [0.25, 0.3) is 0 Å². The smallest absolute Gasteiger partial charge is 0.133 e. The Hall–Kier alpha value is 0.200. The van der Waals surface area contributed by atoms with Crippen LogP contribution in [0.25, 0.3) is 0 Å². The van der Waals surface area contributed by atoms with Gasteiger partial charge in [-0.05, 0) is 13.2 Å². The van der Waals surface area contributed by atoms with Crippen molar-refractivity contribution in [3.05, 3.63) is 0 Å². The Labute approximate surface area is 65.0 Å². The van der Waals surface area contributed by atoms with E-state index in [1.54, 1.807) is 6.92 Å². The second-order valence-corrected chi connectivity index (χ2v) is 3.20. The lowest BCUT2D eigenvalue weighted by molar-refractivity contribution is 0.198. The van der Waals surface area contributed by atoms with Crippen molar-refractivity contribution >= 4 is 28.3 Å². The van der Waals surface area contributed by atoms with Gasteiger partial charge in [0.05, 0.1) is 6.10 Å². The Kier molecular flexibility index (Phi) is 5.13. The van der Waals surface area contributed by atoms with Crippen molar-refractivity contribution in [3.63, 3.8) is 0 Å². The van der Waals surface area contributed by atoms with E-state index in [1.807, 2.05) is 6.26 Å². The van der Waals surface area contributed by atoms with Crippen molar-refractivity contribution in [2.75, 3.05) is 12.8 Å². The number of thiocarbonyl (C=S) groups is 1. The SMILES string of the molecule is CSC(=S)NC[C@@H](C)O. The van der Waals surface area contributed by atoms with Crippen molar-refractivity contribution in [2.24, 2.45) is 0 Å². The molecule has 54 valence electrons. The van der Waals surface area contributed by atoms with Gasteiger partial charge in [0.15, 0.2) is 0 Å². The van der Waals surface area contributed by atoms with E-state index in [2.05, 4.69) is 5.32 Å². The first-order valence-corrected chi connectivity index (χ1v) is 4.30. The average Bonchev–Trinajstić information content (AvgIpc) is 1.83. The Morgan fingerprint density at radius 2 is 2.44 bits per heavy atom. The molecule has 1 atom stereocenters. The number of nitrogens with one attached hydrogen (secondary N) is 1. The maximum absolute atomic E-state index is 8.77. The molecule has 0 aromatic rings. The lowest BCUT2D eigenvalue weighted by atomic mass is 10.4. The van der Waals surface area contributed by atoms with Crippen molar-refractivity contribution in [2.45, 2.75) is 13.0 Å². The molecule has 0 radical (unpaired) electrons. The molecule has 0 unspecified atom stereocenters. The van der Waals surface area contributed by atoms with E-state index in [1.165, 1.54) is 11.8 Å². The average molecular weight is 165 g/mol. The summed E-state index contributed by atoms with van der Waals surface area (Å²) < 4.78 is 0.732. The van der Waals surface area contributed by atoms with Gasteiger partial charge in [-0.2, -0.15) is 0 Å². The number of rotatable bonds is 2. The van der Waals surface area contributed by atoms with Crippen LogP contribution in [0.1, 0.15) is 6.92 Å². The summed E-state index contributed by atoms with van der Waals surface area (Å²) in [6.07, 6.45) is 1.58. The van der Waals surface area contributed by atoms with Crippen LogP contribution in [-0.4, -0.2) is 28.3 Å². The molecule has 0 amide bonds. The molecule has 2 N–H and O–H groups in total. The predicted molar refractivity (Wildman–Crippen MR) is 45.8 cm³/mol. The lowest BCUT2D eigenvalue weighted by Gasteiger charge is -2.05. The summed E-state index contributed by atoms with van der Waals surface area (Å²) in [4.78, 5) is 0. The summed E-state index contributed by atoms with van der Waals surface area (Å²) in [5, 5.41) is 11.6. The van der Waals surface area contributed by atoms with E-state index in [9.17, 15) is 0 Å². The van der Waals surface area contributed by atoms with Crippen LogP contribution in [0.2, 0.25) is 0 Å². The van der Waals surface area contributed by atoms with Crippen molar-refractivity contribution in [1.82, 2.24) is 5.32 Å². The Balaban J connectivity index is 3.17. The summed E-state index contributed by atoms with van der Waals surface area (Å²) in [5.74, 6) is 0. The normalized spacial score (nSPS) is 12.8. The first-order chi connectivity index (χ1) is 4.16. The first kappa shape index (κ1) is 9.20. The fourth-order valence-corrected chi connectivity index (χ4v) is 0.614. The molecule has 0 aromatic carbocycles. The van der Waals surface area contributed by atoms with E-state index in [0.717, 1.165) is 4.32 Å². The van der Waals surface area contributed by atoms with Crippen LogP contribution in [0.15, 0.2) is 0 Å². The van der Waals surface area contributed by atoms with Crippen LogP contribution >= 0.6 is 24.0 Å². The molecule has 0 aromatic heterocycles. The zero-order chi connectivity index (χ0) is 7.28. The third-order valence-electron chi connectivity index (χ3n) is 0.727. The van der Waals surface area contributed by atoms with Gasteiger partial charge in [-0.1, -0.05) is 12.2 Å². The molecule has 9 heavy (non-hydrogen) atoms. The fourth-order valence-electron chi connectivity index (χ4n) is 0.303. The standard InChI is InChI=1S/C5H11NOS2/c1-4(7)3-6-5(8)9-2/h4,7H,3H2,1-2H3,(H,6,8)/t4-/m1/s1. The second kappa shape index (κ2) is 5.02. The number of hydrogen-bond acceptors (Lipinski definition) is 3. The highest BCUT2D eigenvalue weighted by atomic mass is 32.2. The van der Waals surface area contributed by atoms with Gasteiger partial charge in [-0.3, -0.25) is 0 Å². The van der Waals surface area contributed by atoms with Gasteiger partial charge in [0, 0.05) is 6.54 Å². The molecule has 0 spiro atoms. The monoisotopic (exact) mass is 165 g/mol. The topological polar surface area (TPSA) is 32.3 Å². The summed E-state index contributed by atoms with van der Waals surface area (Å²) >= 11 is 6.29. The zero-order valence-electron chi connectivity index (χ0n) is 5.55. The molecule has 0 saturated heterocycles. The summed E-state index contributed by atoms with van der Waals surface area (Å²) in [6, 6.07) is 0. The number of aliphatic hydroxyl groups excluding tert-OH is 1. The number of thioether (sulfide) groups is 1. The molecule has 4 heteroatoms. The molecule has 0 bridgehead atoms. The molecular weight excluding hydrogens is 154 g/mol. The molecule has 2 nitrogen and oxygen atoms in total. The van der Waals surface area contributed by atoms with Crippen LogP contribution < -0.4 is 5.32 Å². The molecule has 0 aliphatic rings. The summed E-state index contributed by atoms with van der Waals surface area (Å²) in [6.45, 7) is 2.26. The van der Waals surface area contributed by atoms with Crippen molar-refractivity contribution in [3.8, 4) is 0 Å². The Morgan fingerprint density at radius 3 is 2.78 bits per heavy atom. The van der Waals surface area contributed by atoms with Gasteiger partial charge in [-0.15, -0.1) is 11.8 Å². The van der Waals surface area contributed by atoms with E-state index in [0.29, 0.717) is 6.54 Å². The van der Waals surface area contributed by atoms with Crippen LogP contribution in [0.4, 0.5) is 0 Å². The highest BCUT2D eigenvalue weighted by molar-refractivity contribution is 8.22. The molecule has 0 aliphatic carbocycles. The van der Waals surface area contributed by atoms with Gasteiger partial charge in [0.1, 0.15) is 4.32 Å². The van der Waals surface area contributed by atoms with Gasteiger partial charge in [0.2, 0.25) is 0 Å². The van der Waals surface area contributed by atoms with Gasteiger partial charge < -0.3 is 10.4 Å². The summed E-state index contributed by atoms with van der Waals surface area (Å²) in [5.41, 5.74) is 0. The van der Waals surface area contributed by atoms with Crippen molar-refractivity contribution in [1.29, 1.82) is 0 Å². The Bertz CT molecular complexity index is 95.0. The maximum Gasteiger partial charge on any atom is 0.133 e. The second-order valence-electron chi connectivity index (χ2n) is 1.72. The molecule has 0 fully saturated rings. The zero-order valence-corrected chi connectivity index (χ0v) is 7.18. The van der Waals surface area contributed by atoms with Crippen LogP contribution in [0, 0.1) is 0 Å². The largest absolute Gasteiger partial charge is 0.392 e. The molecule has 0 rings (SSSR count). The van der Waals surface area contributed by atoms with E-state index in [-0.39, 0.29) is 6.10 Å². The van der Waals surface area contributed by atoms with E-state index < -0.39 is 0 Å². The van der Waals surface area contributed by atoms with Gasteiger partial charge >= 0.3 is 0 Å². The lowest BCUT2D eigenvalue weighted by Crippen LogP contribution is -2.26. The third-order valence-corrected chi connectivity index (χ3v) is 1.89. The van der Waals surface area contributed by atoms with Crippen LogP contribution in [-0.2, 0) is 0 Å². The number of hydrogen-bond donors (Lipinski definition) is 2. The minimum Gasteiger partial charge on any atom is -0.392 e. The van der Waals surface area contributed by atoms with E-state index in [4.69, 9.17) is 17.3 Å². The Morgan fingerprint density at radius 1 is 1.89 bits per heavy atom. The minimum atomic E-state index is -0.324. The highest BCUT2D eigenvalue weighted by Gasteiger charge is 1.95. The van der Waals surface area contributed by atoms with Gasteiger partial charge in [-0.25, -0.2) is 0 Å². The molecular formula is C5H11NOS2. The predicted octanol–water partition coefficient (Wildman–Crippen LogP) is 0.605. The van der Waals surface area contributed by atoms with Crippen LogP contribution in [0.3, 0.4) is 0 Å². The van der Waals surface area contributed by atoms with Crippen LogP contribution in [0.5, 0.6) is 0 Å². The maximum atomic E-state index is 8.77. The molecule has 0 aliphatic heterocycles.